The third-order valence-electron chi connectivity index (χ3n) is 2.81. The largest absolute Gasteiger partial charge is 0.463 e. The average Bonchev–Trinajstić information content (AvgIpc) is 2.54. The number of anilines is 1. The van der Waals surface area contributed by atoms with E-state index >= 15 is 0 Å². The third-order valence-corrected chi connectivity index (χ3v) is 2.81. The molecule has 0 bridgehead atoms. The minimum atomic E-state index is -0.387. The van der Waals surface area contributed by atoms with Crippen LogP contribution in [0.5, 0.6) is 0 Å². The van der Waals surface area contributed by atoms with Gasteiger partial charge in [-0.2, -0.15) is 0 Å². The number of rotatable bonds is 5. The fourth-order valence-corrected chi connectivity index (χ4v) is 1.74. The van der Waals surface area contributed by atoms with Gasteiger partial charge < -0.3 is 10.1 Å². The van der Waals surface area contributed by atoms with E-state index in [1.165, 1.54) is 6.08 Å². The third kappa shape index (κ3) is 4.56. The first-order chi connectivity index (χ1) is 10.7. The number of aromatic nitrogens is 1. The van der Waals surface area contributed by atoms with Crippen LogP contribution in [0.3, 0.4) is 0 Å². The monoisotopic (exact) mass is 296 g/mol. The average molecular weight is 296 g/mol. The van der Waals surface area contributed by atoms with E-state index in [-0.39, 0.29) is 11.9 Å². The van der Waals surface area contributed by atoms with Crippen molar-refractivity contribution in [2.24, 2.45) is 0 Å². The Morgan fingerprint density at radius 2 is 1.82 bits per heavy atom. The lowest BCUT2D eigenvalue weighted by Gasteiger charge is -2.05. The lowest BCUT2D eigenvalue weighted by molar-refractivity contribution is -0.137. The molecule has 1 aromatic heterocycles. The molecule has 5 nitrogen and oxygen atoms in total. The number of nitrogens with zero attached hydrogens (tertiary/aromatic N) is 1. The van der Waals surface area contributed by atoms with Crippen molar-refractivity contribution in [2.75, 3.05) is 11.9 Å². The maximum atomic E-state index is 12.1. The maximum absolute atomic E-state index is 12.1. The molecule has 0 saturated carbocycles. The summed E-state index contributed by atoms with van der Waals surface area (Å²) >= 11 is 0. The number of nitrogens with one attached hydrogen (secondary N) is 1. The van der Waals surface area contributed by atoms with Gasteiger partial charge in [0.1, 0.15) is 0 Å². The number of ether oxygens (including phenoxy) is 1. The van der Waals surface area contributed by atoms with Crippen molar-refractivity contribution in [2.45, 2.75) is 6.92 Å². The zero-order valence-electron chi connectivity index (χ0n) is 12.2. The van der Waals surface area contributed by atoms with Crippen LogP contribution in [0, 0.1) is 0 Å². The summed E-state index contributed by atoms with van der Waals surface area (Å²) in [5.41, 5.74) is 2.03. The molecule has 0 saturated heterocycles. The second-order valence-electron chi connectivity index (χ2n) is 4.40. The van der Waals surface area contributed by atoms with Crippen molar-refractivity contribution in [3.63, 3.8) is 0 Å². The van der Waals surface area contributed by atoms with Gasteiger partial charge in [-0.25, -0.2) is 4.79 Å². The standard InChI is InChI=1S/C17H16N2O3/c1-2-22-16(20)8-5-13-3-6-14(7-4-13)17(21)19-15-9-11-18-12-10-15/h3-12H,2H2,1H3,(H,18,19,21)/b8-5+. The molecular weight excluding hydrogens is 280 g/mol. The maximum Gasteiger partial charge on any atom is 0.330 e. The first kappa shape index (κ1) is 15.4. The second-order valence-corrected chi connectivity index (χ2v) is 4.40. The first-order valence-corrected chi connectivity index (χ1v) is 6.85. The normalized spacial score (nSPS) is 10.4. The molecule has 1 amide bonds. The zero-order chi connectivity index (χ0) is 15.8. The van der Waals surface area contributed by atoms with Crippen molar-refractivity contribution < 1.29 is 14.3 Å². The fourth-order valence-electron chi connectivity index (χ4n) is 1.74. The molecule has 1 N–H and O–H groups in total. The number of hydrogen-bond donors (Lipinski definition) is 1. The molecule has 2 rings (SSSR count). The highest BCUT2D eigenvalue weighted by atomic mass is 16.5. The minimum Gasteiger partial charge on any atom is -0.463 e. The molecule has 0 radical (unpaired) electrons. The van der Waals surface area contributed by atoms with Crippen molar-refractivity contribution in [1.29, 1.82) is 0 Å². The van der Waals surface area contributed by atoms with Crippen LogP contribution in [-0.2, 0) is 9.53 Å². The summed E-state index contributed by atoms with van der Waals surface area (Å²) in [7, 11) is 0. The van der Waals surface area contributed by atoms with Gasteiger partial charge in [-0.05, 0) is 42.8 Å². The Morgan fingerprint density at radius 1 is 1.14 bits per heavy atom. The summed E-state index contributed by atoms with van der Waals surface area (Å²) in [5.74, 6) is -0.589. The lowest BCUT2D eigenvalue weighted by Crippen LogP contribution is -2.11. The summed E-state index contributed by atoms with van der Waals surface area (Å²) in [6.07, 6.45) is 6.22. The molecule has 0 aliphatic rings. The van der Waals surface area contributed by atoms with Gasteiger partial charge in [0.05, 0.1) is 6.61 Å². The van der Waals surface area contributed by atoms with Crippen molar-refractivity contribution in [3.8, 4) is 0 Å². The summed E-state index contributed by atoms with van der Waals surface area (Å²) in [6, 6.07) is 10.3. The summed E-state index contributed by atoms with van der Waals surface area (Å²) < 4.78 is 4.80. The van der Waals surface area contributed by atoms with E-state index in [1.807, 2.05) is 0 Å². The van der Waals surface area contributed by atoms with Gasteiger partial charge in [-0.15, -0.1) is 0 Å². The van der Waals surface area contributed by atoms with Gasteiger partial charge in [0.15, 0.2) is 0 Å². The SMILES string of the molecule is CCOC(=O)/C=C/c1ccc(C(=O)Nc2ccncc2)cc1. The van der Waals surface area contributed by atoms with Crippen LogP contribution in [0.4, 0.5) is 5.69 Å². The fraction of sp³-hybridized carbons (Fsp3) is 0.118. The minimum absolute atomic E-state index is 0.202. The van der Waals surface area contributed by atoms with E-state index in [4.69, 9.17) is 4.74 Å². The summed E-state index contributed by atoms with van der Waals surface area (Å²) in [5, 5.41) is 2.77. The van der Waals surface area contributed by atoms with Gasteiger partial charge in [0.25, 0.3) is 5.91 Å². The number of carbonyl (C=O) groups is 2. The van der Waals surface area contributed by atoms with E-state index in [2.05, 4.69) is 10.3 Å². The Bertz CT molecular complexity index is 664. The van der Waals surface area contributed by atoms with Crippen LogP contribution in [0.2, 0.25) is 0 Å². The first-order valence-electron chi connectivity index (χ1n) is 6.85. The van der Waals surface area contributed by atoms with Gasteiger partial charge in [-0.1, -0.05) is 12.1 Å². The van der Waals surface area contributed by atoms with Crippen LogP contribution in [-0.4, -0.2) is 23.5 Å². The van der Waals surface area contributed by atoms with E-state index in [0.29, 0.717) is 17.9 Å². The molecule has 22 heavy (non-hydrogen) atoms. The molecular formula is C17H16N2O3. The Morgan fingerprint density at radius 3 is 2.45 bits per heavy atom. The molecule has 1 aromatic carbocycles. The van der Waals surface area contributed by atoms with Gasteiger partial charge in [0.2, 0.25) is 0 Å². The number of benzene rings is 1. The zero-order valence-corrected chi connectivity index (χ0v) is 12.2. The lowest BCUT2D eigenvalue weighted by atomic mass is 10.1. The Kier molecular flexibility index (Phi) is 5.43. The van der Waals surface area contributed by atoms with Crippen LogP contribution < -0.4 is 5.32 Å². The smallest absolute Gasteiger partial charge is 0.330 e. The molecule has 2 aromatic rings. The number of pyridine rings is 1. The highest BCUT2D eigenvalue weighted by Gasteiger charge is 2.05. The van der Waals surface area contributed by atoms with Crippen molar-refractivity contribution in [3.05, 3.63) is 66.0 Å². The van der Waals surface area contributed by atoms with Gasteiger partial charge in [0, 0.05) is 29.7 Å². The van der Waals surface area contributed by atoms with Crippen LogP contribution in [0.25, 0.3) is 6.08 Å². The topological polar surface area (TPSA) is 68.3 Å². The molecule has 112 valence electrons. The van der Waals surface area contributed by atoms with E-state index < -0.39 is 0 Å². The Hall–Kier alpha value is -2.95. The molecule has 0 fully saturated rings. The molecule has 0 aliphatic heterocycles. The molecule has 0 unspecified atom stereocenters. The van der Waals surface area contributed by atoms with Crippen LogP contribution in [0.1, 0.15) is 22.8 Å². The van der Waals surface area contributed by atoms with Crippen molar-refractivity contribution in [1.82, 2.24) is 4.98 Å². The molecule has 0 spiro atoms. The molecule has 0 aliphatic carbocycles. The molecule has 0 atom stereocenters. The van der Waals surface area contributed by atoms with Crippen LogP contribution in [0.15, 0.2) is 54.9 Å². The Balaban J connectivity index is 1.99. The molecule has 1 heterocycles. The quantitative estimate of drug-likeness (QED) is 0.680. The molecule has 5 heteroatoms. The van der Waals surface area contributed by atoms with E-state index in [1.54, 1.807) is 61.8 Å². The van der Waals surface area contributed by atoms with Gasteiger partial charge >= 0.3 is 5.97 Å². The number of hydrogen-bond acceptors (Lipinski definition) is 4. The van der Waals surface area contributed by atoms with Gasteiger partial charge in [-0.3, -0.25) is 9.78 Å². The number of esters is 1. The number of carbonyl (C=O) groups excluding carboxylic acids is 2. The highest BCUT2D eigenvalue weighted by Crippen LogP contribution is 2.10. The summed E-state index contributed by atoms with van der Waals surface area (Å²) in [4.78, 5) is 27.2. The van der Waals surface area contributed by atoms with E-state index in [9.17, 15) is 9.59 Å². The number of amides is 1. The summed E-state index contributed by atoms with van der Waals surface area (Å²) in [6.45, 7) is 2.10. The Labute approximate surface area is 128 Å². The predicted octanol–water partition coefficient (Wildman–Crippen LogP) is 2.91. The van der Waals surface area contributed by atoms with Crippen molar-refractivity contribution >= 4 is 23.6 Å². The second kappa shape index (κ2) is 7.73. The van der Waals surface area contributed by atoms with E-state index in [0.717, 1.165) is 5.56 Å². The predicted molar refractivity (Wildman–Crippen MR) is 84.3 cm³/mol. The highest BCUT2D eigenvalue weighted by molar-refractivity contribution is 6.04. The van der Waals surface area contributed by atoms with Crippen LogP contribution >= 0.6 is 0 Å².